The van der Waals surface area contributed by atoms with E-state index in [2.05, 4.69) is 16.1 Å². The topological polar surface area (TPSA) is 109 Å². The number of alkyl halides is 2. The van der Waals surface area contributed by atoms with Gasteiger partial charge in [0, 0.05) is 48.8 Å². The molecule has 2 saturated carbocycles. The number of fused-ring (bicyclic) bond motifs is 1. The number of nitrogens with one attached hydrogen (secondary N) is 1. The molecule has 4 aromatic carbocycles. The molecule has 0 aromatic heterocycles. The van der Waals surface area contributed by atoms with Crippen molar-refractivity contribution in [2.24, 2.45) is 0 Å². The van der Waals surface area contributed by atoms with Crippen molar-refractivity contribution in [3.05, 3.63) is 113 Å². The lowest BCUT2D eigenvalue weighted by atomic mass is 9.93. The minimum Gasteiger partial charge on any atom is -0.493 e. The van der Waals surface area contributed by atoms with E-state index in [4.69, 9.17) is 18.9 Å². The summed E-state index contributed by atoms with van der Waals surface area (Å²) in [6.07, 6.45) is 2.83. The van der Waals surface area contributed by atoms with Gasteiger partial charge in [0.25, 0.3) is 5.91 Å². The van der Waals surface area contributed by atoms with E-state index in [9.17, 15) is 23.2 Å². The van der Waals surface area contributed by atoms with Gasteiger partial charge in [-0.1, -0.05) is 60.7 Å². The summed E-state index contributed by atoms with van der Waals surface area (Å²) >= 11 is 0. The van der Waals surface area contributed by atoms with Gasteiger partial charge >= 0.3 is 18.6 Å². The number of ether oxygens (including phenoxy) is 5. The Hall–Kier alpha value is -5.45. The van der Waals surface area contributed by atoms with Crippen molar-refractivity contribution >= 4 is 17.8 Å². The number of esters is 2. The molecule has 278 valence electrons. The number of carbonyl (C=O) groups is 3. The molecule has 0 unspecified atom stereocenters. The highest BCUT2D eigenvalue weighted by Gasteiger charge is 2.87. The van der Waals surface area contributed by atoms with Crippen LogP contribution in [0.5, 0.6) is 17.2 Å². The number of hydrogen-bond acceptors (Lipinski definition) is 8. The largest absolute Gasteiger partial charge is 0.493 e. The number of para-hydroxylation sites is 1. The highest BCUT2D eigenvalue weighted by atomic mass is 19.3. The molecule has 0 saturated heterocycles. The van der Waals surface area contributed by atoms with Gasteiger partial charge in [-0.25, -0.2) is 0 Å². The Kier molecular flexibility index (Phi) is 11.6. The summed E-state index contributed by atoms with van der Waals surface area (Å²) in [4.78, 5) is 37.8. The Labute approximate surface area is 307 Å². The van der Waals surface area contributed by atoms with Crippen LogP contribution in [-0.4, -0.2) is 49.9 Å². The third kappa shape index (κ3) is 8.79. The van der Waals surface area contributed by atoms with E-state index in [1.54, 1.807) is 44.2 Å². The Morgan fingerprint density at radius 1 is 0.792 bits per heavy atom. The maximum absolute atomic E-state index is 13.6. The van der Waals surface area contributed by atoms with Gasteiger partial charge in [-0.2, -0.15) is 8.78 Å². The average Bonchev–Trinajstić information content (AvgIpc) is 3.99. The van der Waals surface area contributed by atoms with E-state index in [0.29, 0.717) is 55.3 Å². The molecule has 1 N–H and O–H groups in total. The fourth-order valence-corrected chi connectivity index (χ4v) is 6.89. The van der Waals surface area contributed by atoms with Crippen LogP contribution in [0.2, 0.25) is 0 Å². The highest BCUT2D eigenvalue weighted by Crippen LogP contribution is 2.81. The molecule has 2 aliphatic carbocycles. The number of halogens is 2. The zero-order valence-corrected chi connectivity index (χ0v) is 29.8. The van der Waals surface area contributed by atoms with Crippen LogP contribution in [0.25, 0.3) is 11.1 Å². The summed E-state index contributed by atoms with van der Waals surface area (Å²) in [5, 5.41) is 2.84. The summed E-state index contributed by atoms with van der Waals surface area (Å²) in [6.45, 7) is 1.47. The SMILES string of the molecule is CCOC(=O)CCCOc1cccc(C23CC2(Oc2cc(C(=O)NCc4ccccc4OC(F)F)cc(-c4ccccc4)c2)C3)c1CCC(=O)OCC. The van der Waals surface area contributed by atoms with Crippen molar-refractivity contribution in [3.63, 3.8) is 0 Å². The summed E-state index contributed by atoms with van der Waals surface area (Å²) in [6, 6.07) is 27.2. The molecule has 0 aliphatic heterocycles. The number of amides is 1. The minimum atomic E-state index is -2.99. The zero-order chi connectivity index (χ0) is 37.4. The first-order valence-corrected chi connectivity index (χ1v) is 17.9. The van der Waals surface area contributed by atoms with Gasteiger partial charge in [-0.05, 0) is 79.3 Å². The molecule has 11 heteroatoms. The Morgan fingerprint density at radius 3 is 2.23 bits per heavy atom. The third-order valence-corrected chi connectivity index (χ3v) is 9.64. The van der Waals surface area contributed by atoms with E-state index in [1.165, 1.54) is 6.07 Å². The molecule has 0 radical (unpaired) electrons. The van der Waals surface area contributed by atoms with Crippen LogP contribution in [0.3, 0.4) is 0 Å². The molecule has 53 heavy (non-hydrogen) atoms. The molecule has 2 fully saturated rings. The number of hydrogen-bond donors (Lipinski definition) is 1. The number of carbonyl (C=O) groups excluding carboxylic acids is 3. The molecular weight excluding hydrogens is 684 g/mol. The second kappa shape index (κ2) is 16.5. The molecular formula is C42H43F2NO8. The predicted molar refractivity (Wildman–Crippen MR) is 193 cm³/mol. The van der Waals surface area contributed by atoms with Crippen molar-refractivity contribution in [3.8, 4) is 28.4 Å². The highest BCUT2D eigenvalue weighted by molar-refractivity contribution is 5.96. The van der Waals surface area contributed by atoms with Crippen LogP contribution in [0.15, 0.2) is 91.0 Å². The van der Waals surface area contributed by atoms with Gasteiger partial charge < -0.3 is 29.0 Å². The lowest BCUT2D eigenvalue weighted by molar-refractivity contribution is -0.144. The van der Waals surface area contributed by atoms with Gasteiger partial charge in [0.15, 0.2) is 0 Å². The van der Waals surface area contributed by atoms with Gasteiger partial charge in [-0.3, -0.25) is 14.4 Å². The smallest absolute Gasteiger partial charge is 0.387 e. The van der Waals surface area contributed by atoms with Gasteiger partial charge in [0.05, 0.1) is 19.8 Å². The average molecular weight is 728 g/mol. The quantitative estimate of drug-likeness (QED) is 0.0766. The molecule has 0 atom stereocenters. The molecule has 1 amide bonds. The van der Waals surface area contributed by atoms with Crippen molar-refractivity contribution < 1.29 is 46.8 Å². The summed E-state index contributed by atoms with van der Waals surface area (Å²) in [5.74, 6) is 0.209. The maximum Gasteiger partial charge on any atom is 0.387 e. The molecule has 9 nitrogen and oxygen atoms in total. The van der Waals surface area contributed by atoms with Crippen LogP contribution in [0.1, 0.15) is 73.0 Å². The monoisotopic (exact) mass is 727 g/mol. The Bertz CT molecular complexity index is 1930. The summed E-state index contributed by atoms with van der Waals surface area (Å²) in [7, 11) is 0. The minimum absolute atomic E-state index is 0.00413. The van der Waals surface area contributed by atoms with Gasteiger partial charge in [0.1, 0.15) is 22.8 Å². The van der Waals surface area contributed by atoms with Crippen LogP contribution < -0.4 is 19.5 Å². The van der Waals surface area contributed by atoms with Crippen LogP contribution in [0.4, 0.5) is 8.78 Å². The molecule has 2 aliphatic rings. The second-order valence-corrected chi connectivity index (χ2v) is 13.2. The molecule has 6 rings (SSSR count). The van der Waals surface area contributed by atoms with E-state index in [0.717, 1.165) is 35.1 Å². The van der Waals surface area contributed by atoms with Crippen LogP contribution in [-0.2, 0) is 37.4 Å². The van der Waals surface area contributed by atoms with Gasteiger partial charge in [-0.15, -0.1) is 0 Å². The Balaban J connectivity index is 1.23. The van der Waals surface area contributed by atoms with E-state index >= 15 is 0 Å². The summed E-state index contributed by atoms with van der Waals surface area (Å²) in [5.41, 5.74) is 3.62. The number of benzene rings is 4. The lowest BCUT2D eigenvalue weighted by Gasteiger charge is -2.17. The first-order chi connectivity index (χ1) is 25.7. The van der Waals surface area contributed by atoms with E-state index in [-0.39, 0.29) is 42.5 Å². The standard InChI is InChI=1S/C42H43F2NO8/c1-3-49-37(46)18-11-21-51-36-17-10-15-34(33(36)19-20-38(47)50-4-2)41-26-42(41,27-41)53-32-23-30(28-12-6-5-7-13-28)22-31(24-32)39(48)45-25-29-14-8-9-16-35(29)52-40(43)44/h5-10,12-17,22-24,40H,3-4,11,18-21,25-27H2,1-2H3,(H,45,48). The van der Waals surface area contributed by atoms with Crippen LogP contribution in [0, 0.1) is 0 Å². The first-order valence-electron chi connectivity index (χ1n) is 17.9. The zero-order valence-electron chi connectivity index (χ0n) is 29.8. The fourth-order valence-electron chi connectivity index (χ4n) is 6.89. The molecule has 0 spiro atoms. The molecule has 0 heterocycles. The predicted octanol–water partition coefficient (Wildman–Crippen LogP) is 7.97. The third-order valence-electron chi connectivity index (χ3n) is 9.64. The molecule has 0 bridgehead atoms. The van der Waals surface area contributed by atoms with E-state index < -0.39 is 18.1 Å². The lowest BCUT2D eigenvalue weighted by Crippen LogP contribution is -2.23. The summed E-state index contributed by atoms with van der Waals surface area (Å²) < 4.78 is 53.8. The number of rotatable bonds is 19. The normalized spacial score (nSPS) is 18.1. The van der Waals surface area contributed by atoms with Crippen LogP contribution >= 0.6 is 0 Å². The van der Waals surface area contributed by atoms with Crippen molar-refractivity contribution in [1.29, 1.82) is 0 Å². The molecule has 4 aromatic rings. The fraction of sp³-hybridized carbons (Fsp3) is 0.357. The van der Waals surface area contributed by atoms with Crippen molar-refractivity contribution in [2.75, 3.05) is 19.8 Å². The van der Waals surface area contributed by atoms with Crippen molar-refractivity contribution in [2.45, 2.75) is 76.5 Å². The second-order valence-electron chi connectivity index (χ2n) is 13.2. The van der Waals surface area contributed by atoms with Crippen molar-refractivity contribution in [1.82, 2.24) is 5.32 Å². The first kappa shape index (κ1) is 37.3. The Morgan fingerprint density at radius 2 is 1.49 bits per heavy atom. The van der Waals surface area contributed by atoms with E-state index in [1.807, 2.05) is 48.5 Å². The maximum atomic E-state index is 13.6. The van der Waals surface area contributed by atoms with Gasteiger partial charge in [0.2, 0.25) is 0 Å².